The highest BCUT2D eigenvalue weighted by molar-refractivity contribution is 4.76. The fourth-order valence-electron chi connectivity index (χ4n) is 2.58. The largest absolute Gasteiger partial charge is 0.378 e. The van der Waals surface area contributed by atoms with Crippen molar-refractivity contribution in [3.63, 3.8) is 0 Å². The first-order chi connectivity index (χ1) is 8.29. The Hall–Kier alpha value is -0.0800. The van der Waals surface area contributed by atoms with Crippen LogP contribution in [0.1, 0.15) is 73.1 Å². The summed E-state index contributed by atoms with van der Waals surface area (Å²) in [4.78, 5) is 0. The molecule has 0 aromatic heterocycles. The molecule has 1 aliphatic heterocycles. The molecule has 0 aromatic rings. The molecule has 1 rings (SSSR count). The predicted octanol–water partition coefficient (Wildman–Crippen LogP) is 4.14. The minimum Gasteiger partial charge on any atom is -0.378 e. The maximum absolute atomic E-state index is 5.68. The van der Waals surface area contributed by atoms with E-state index in [9.17, 15) is 0 Å². The van der Waals surface area contributed by atoms with Gasteiger partial charge in [-0.1, -0.05) is 20.3 Å². The third kappa shape index (κ3) is 7.38. The Balaban J connectivity index is 2.10. The lowest BCUT2D eigenvalue weighted by Crippen LogP contribution is -2.37. The van der Waals surface area contributed by atoms with E-state index < -0.39 is 0 Å². The zero-order valence-corrected chi connectivity index (χ0v) is 13.1. The lowest BCUT2D eigenvalue weighted by atomic mass is 9.83. The van der Waals surface area contributed by atoms with Gasteiger partial charge in [-0.15, -0.1) is 0 Å². The van der Waals surface area contributed by atoms with E-state index in [-0.39, 0.29) is 5.54 Å². The van der Waals surface area contributed by atoms with E-state index in [0.29, 0.717) is 11.5 Å². The summed E-state index contributed by atoms with van der Waals surface area (Å²) in [5.74, 6) is 0. The van der Waals surface area contributed by atoms with Crippen LogP contribution in [0.4, 0.5) is 0 Å². The standard InChI is InChI=1S/C16H33NO/c1-15(2,3)17-12-11-16(4,5)10-6-8-14-9-7-13-18-14/h14,17H,6-13H2,1-5H3. The Bertz CT molecular complexity index is 224. The van der Waals surface area contributed by atoms with Gasteiger partial charge in [-0.2, -0.15) is 0 Å². The maximum atomic E-state index is 5.68. The fourth-order valence-corrected chi connectivity index (χ4v) is 2.58. The van der Waals surface area contributed by atoms with E-state index in [2.05, 4.69) is 39.9 Å². The predicted molar refractivity (Wildman–Crippen MR) is 79.0 cm³/mol. The van der Waals surface area contributed by atoms with Gasteiger partial charge >= 0.3 is 0 Å². The smallest absolute Gasteiger partial charge is 0.0576 e. The summed E-state index contributed by atoms with van der Waals surface area (Å²) >= 11 is 0. The van der Waals surface area contributed by atoms with Gasteiger partial charge in [0.2, 0.25) is 0 Å². The van der Waals surface area contributed by atoms with Gasteiger partial charge in [-0.3, -0.25) is 0 Å². The van der Waals surface area contributed by atoms with Crippen LogP contribution >= 0.6 is 0 Å². The van der Waals surface area contributed by atoms with Crippen molar-refractivity contribution < 1.29 is 4.74 Å². The third-order valence-corrected chi connectivity index (χ3v) is 3.86. The molecule has 1 unspecified atom stereocenters. The van der Waals surface area contributed by atoms with Crippen LogP contribution in [0.3, 0.4) is 0 Å². The van der Waals surface area contributed by atoms with Crippen LogP contribution < -0.4 is 5.32 Å². The summed E-state index contributed by atoms with van der Waals surface area (Å²) in [7, 11) is 0. The van der Waals surface area contributed by atoms with Gasteiger partial charge in [0.1, 0.15) is 0 Å². The normalized spacial score (nSPS) is 21.5. The van der Waals surface area contributed by atoms with Crippen molar-refractivity contribution in [1.29, 1.82) is 0 Å². The van der Waals surface area contributed by atoms with Crippen molar-refractivity contribution in [1.82, 2.24) is 5.32 Å². The second-order valence-corrected chi connectivity index (χ2v) is 7.62. The monoisotopic (exact) mass is 255 g/mol. The summed E-state index contributed by atoms with van der Waals surface area (Å²) in [6, 6.07) is 0. The minimum atomic E-state index is 0.244. The first kappa shape index (κ1) is 16.0. The van der Waals surface area contributed by atoms with Gasteiger partial charge < -0.3 is 10.1 Å². The summed E-state index contributed by atoms with van der Waals surface area (Å²) in [6.45, 7) is 13.6. The van der Waals surface area contributed by atoms with Crippen LogP contribution in [0.15, 0.2) is 0 Å². The molecule has 0 radical (unpaired) electrons. The molecule has 1 heterocycles. The zero-order valence-electron chi connectivity index (χ0n) is 13.1. The quantitative estimate of drug-likeness (QED) is 0.738. The molecule has 1 fully saturated rings. The average Bonchev–Trinajstić information content (AvgIpc) is 2.67. The number of nitrogens with one attached hydrogen (secondary N) is 1. The number of ether oxygens (including phenoxy) is 1. The van der Waals surface area contributed by atoms with Gasteiger partial charge in [-0.05, 0) is 64.8 Å². The minimum absolute atomic E-state index is 0.244. The topological polar surface area (TPSA) is 21.3 Å². The molecule has 18 heavy (non-hydrogen) atoms. The van der Waals surface area contributed by atoms with Crippen LogP contribution in [0.25, 0.3) is 0 Å². The summed E-state index contributed by atoms with van der Waals surface area (Å²) < 4.78 is 5.68. The van der Waals surface area contributed by atoms with Crippen molar-refractivity contribution in [2.75, 3.05) is 13.2 Å². The molecule has 0 bridgehead atoms. The molecule has 1 atom stereocenters. The van der Waals surface area contributed by atoms with Crippen molar-refractivity contribution in [3.05, 3.63) is 0 Å². The molecule has 2 heteroatoms. The van der Waals surface area contributed by atoms with Gasteiger partial charge in [0, 0.05) is 12.1 Å². The van der Waals surface area contributed by atoms with Crippen LogP contribution in [-0.4, -0.2) is 24.8 Å². The van der Waals surface area contributed by atoms with E-state index in [1.54, 1.807) is 0 Å². The van der Waals surface area contributed by atoms with Crippen LogP contribution in [0.5, 0.6) is 0 Å². The van der Waals surface area contributed by atoms with E-state index in [4.69, 9.17) is 4.74 Å². The SMILES string of the molecule is CC(C)(CCCC1CCCO1)CCNC(C)(C)C. The van der Waals surface area contributed by atoms with Gasteiger partial charge in [0.15, 0.2) is 0 Å². The van der Waals surface area contributed by atoms with E-state index in [1.807, 2.05) is 0 Å². The van der Waals surface area contributed by atoms with Crippen LogP contribution in [0.2, 0.25) is 0 Å². The summed E-state index contributed by atoms with van der Waals surface area (Å²) in [5.41, 5.74) is 0.699. The number of hydrogen-bond donors (Lipinski definition) is 1. The molecule has 1 saturated heterocycles. The Morgan fingerprint density at radius 1 is 1.11 bits per heavy atom. The van der Waals surface area contributed by atoms with Gasteiger partial charge in [0.25, 0.3) is 0 Å². The van der Waals surface area contributed by atoms with E-state index in [1.165, 1.54) is 38.5 Å². The van der Waals surface area contributed by atoms with Crippen molar-refractivity contribution >= 4 is 0 Å². The molecule has 0 aromatic carbocycles. The average molecular weight is 255 g/mol. The Morgan fingerprint density at radius 3 is 2.39 bits per heavy atom. The molecule has 0 amide bonds. The van der Waals surface area contributed by atoms with Crippen molar-refractivity contribution in [2.45, 2.75) is 84.8 Å². The Labute approximate surface area is 114 Å². The highest BCUT2D eigenvalue weighted by atomic mass is 16.5. The molecule has 1 aliphatic rings. The lowest BCUT2D eigenvalue weighted by Gasteiger charge is -2.28. The Kier molecular flexibility index (Phi) is 6.13. The van der Waals surface area contributed by atoms with E-state index >= 15 is 0 Å². The molecule has 2 nitrogen and oxygen atoms in total. The molecular formula is C16H33NO. The first-order valence-electron chi connectivity index (χ1n) is 7.65. The molecule has 0 saturated carbocycles. The fraction of sp³-hybridized carbons (Fsp3) is 1.00. The third-order valence-electron chi connectivity index (χ3n) is 3.86. The molecule has 1 N–H and O–H groups in total. The van der Waals surface area contributed by atoms with E-state index in [0.717, 1.165) is 13.2 Å². The van der Waals surface area contributed by atoms with Crippen LogP contribution in [-0.2, 0) is 4.74 Å². The van der Waals surface area contributed by atoms with Crippen molar-refractivity contribution in [3.8, 4) is 0 Å². The maximum Gasteiger partial charge on any atom is 0.0576 e. The second-order valence-electron chi connectivity index (χ2n) is 7.62. The summed E-state index contributed by atoms with van der Waals surface area (Å²) in [5, 5.41) is 3.58. The van der Waals surface area contributed by atoms with Gasteiger partial charge in [0.05, 0.1) is 6.10 Å². The Morgan fingerprint density at radius 2 is 1.83 bits per heavy atom. The number of rotatable bonds is 7. The van der Waals surface area contributed by atoms with Crippen LogP contribution in [0, 0.1) is 5.41 Å². The van der Waals surface area contributed by atoms with Gasteiger partial charge in [-0.25, -0.2) is 0 Å². The highest BCUT2D eigenvalue weighted by Crippen LogP contribution is 2.29. The van der Waals surface area contributed by atoms with Crippen molar-refractivity contribution in [2.24, 2.45) is 5.41 Å². The molecular weight excluding hydrogens is 222 g/mol. The highest BCUT2D eigenvalue weighted by Gasteiger charge is 2.21. The first-order valence-corrected chi connectivity index (χ1v) is 7.65. The lowest BCUT2D eigenvalue weighted by molar-refractivity contribution is 0.0982. The zero-order chi connectivity index (χ0) is 13.6. The summed E-state index contributed by atoms with van der Waals surface area (Å²) in [6.07, 6.45) is 8.27. The molecule has 0 spiro atoms. The number of hydrogen-bond acceptors (Lipinski definition) is 2. The second kappa shape index (κ2) is 6.91. The molecule has 0 aliphatic carbocycles. The molecule has 108 valence electrons.